The highest BCUT2D eigenvalue weighted by atomic mass is 16.5. The average molecular weight is 229 g/mol. The molecule has 0 bridgehead atoms. The molecule has 0 unspecified atom stereocenters. The fourth-order valence-corrected chi connectivity index (χ4v) is 1.48. The molecule has 0 aromatic carbocycles. The lowest BCUT2D eigenvalue weighted by atomic mass is 10.2. The summed E-state index contributed by atoms with van der Waals surface area (Å²) in [6, 6.07) is 7.76. The molecule has 0 amide bonds. The van der Waals surface area contributed by atoms with Crippen molar-refractivity contribution in [1.82, 2.24) is 9.97 Å². The first-order chi connectivity index (χ1) is 8.29. The molecule has 88 valence electrons. The molecule has 2 rings (SSSR count). The summed E-state index contributed by atoms with van der Waals surface area (Å²) in [5.41, 5.74) is 2.13. The molecule has 4 nitrogen and oxygen atoms in total. The van der Waals surface area contributed by atoms with Gasteiger partial charge in [-0.05, 0) is 30.7 Å². The minimum Gasteiger partial charge on any atom is -0.493 e. The molecular formula is C13H15N3O. The molecule has 0 spiro atoms. The second-order valence-electron chi connectivity index (χ2n) is 3.72. The fraction of sp³-hybridized carbons (Fsp3) is 0.231. The van der Waals surface area contributed by atoms with E-state index in [2.05, 4.69) is 15.3 Å². The van der Waals surface area contributed by atoms with Crippen molar-refractivity contribution in [3.63, 3.8) is 0 Å². The molecule has 0 saturated carbocycles. The number of ether oxygens (including phenoxy) is 1. The number of aromatic nitrogens is 2. The third-order valence-electron chi connectivity index (χ3n) is 2.42. The van der Waals surface area contributed by atoms with Gasteiger partial charge >= 0.3 is 0 Å². The summed E-state index contributed by atoms with van der Waals surface area (Å²) < 4.78 is 5.21. The molecule has 0 radical (unpaired) electrons. The summed E-state index contributed by atoms with van der Waals surface area (Å²) in [7, 11) is 1.63. The second kappa shape index (κ2) is 5.30. The van der Waals surface area contributed by atoms with Gasteiger partial charge < -0.3 is 10.1 Å². The molecule has 0 aliphatic rings. The zero-order chi connectivity index (χ0) is 12.1. The number of rotatable bonds is 4. The molecule has 17 heavy (non-hydrogen) atoms. The minimum absolute atomic E-state index is 0.681. The molecule has 2 heterocycles. The molecule has 0 fully saturated rings. The molecule has 0 saturated heterocycles. The quantitative estimate of drug-likeness (QED) is 0.874. The van der Waals surface area contributed by atoms with Crippen molar-refractivity contribution in [2.24, 2.45) is 0 Å². The summed E-state index contributed by atoms with van der Waals surface area (Å²) in [5, 5.41) is 3.22. The Morgan fingerprint density at radius 1 is 1.24 bits per heavy atom. The van der Waals surface area contributed by atoms with Crippen LogP contribution in [0.25, 0.3) is 0 Å². The van der Waals surface area contributed by atoms with Crippen molar-refractivity contribution in [3.05, 3.63) is 47.9 Å². The maximum atomic E-state index is 5.21. The zero-order valence-electron chi connectivity index (χ0n) is 9.97. The lowest BCUT2D eigenvalue weighted by Gasteiger charge is -2.09. The number of anilines is 1. The van der Waals surface area contributed by atoms with Crippen LogP contribution in [0.3, 0.4) is 0 Å². The van der Waals surface area contributed by atoms with Crippen LogP contribution >= 0.6 is 0 Å². The van der Waals surface area contributed by atoms with Crippen LogP contribution in [0.15, 0.2) is 36.7 Å². The number of methoxy groups -OCH3 is 1. The van der Waals surface area contributed by atoms with Crippen LogP contribution in [0.4, 0.5) is 5.82 Å². The van der Waals surface area contributed by atoms with Crippen LogP contribution in [-0.2, 0) is 6.54 Å². The minimum atomic E-state index is 0.681. The summed E-state index contributed by atoms with van der Waals surface area (Å²) in [4.78, 5) is 8.47. The number of pyridine rings is 2. The third kappa shape index (κ3) is 2.93. The predicted molar refractivity (Wildman–Crippen MR) is 67.1 cm³/mol. The maximum absolute atomic E-state index is 5.21. The van der Waals surface area contributed by atoms with Crippen molar-refractivity contribution < 1.29 is 4.74 Å². The highest BCUT2D eigenvalue weighted by Crippen LogP contribution is 2.20. The zero-order valence-corrected chi connectivity index (χ0v) is 9.97. The molecular weight excluding hydrogens is 214 g/mol. The Bertz CT molecular complexity index is 482. The van der Waals surface area contributed by atoms with Crippen LogP contribution < -0.4 is 10.1 Å². The summed E-state index contributed by atoms with van der Waals surface area (Å²) in [6.07, 6.45) is 3.59. The average Bonchev–Trinajstić information content (AvgIpc) is 2.38. The van der Waals surface area contributed by atoms with E-state index in [0.29, 0.717) is 6.54 Å². The van der Waals surface area contributed by atoms with Crippen LogP contribution in [0.2, 0.25) is 0 Å². The summed E-state index contributed by atoms with van der Waals surface area (Å²) in [6.45, 7) is 2.65. The van der Waals surface area contributed by atoms with Crippen molar-refractivity contribution >= 4 is 5.82 Å². The van der Waals surface area contributed by atoms with Gasteiger partial charge in [0.1, 0.15) is 0 Å². The van der Waals surface area contributed by atoms with Crippen LogP contribution in [0.5, 0.6) is 5.75 Å². The van der Waals surface area contributed by atoms with Gasteiger partial charge in [0.2, 0.25) is 0 Å². The molecule has 0 aliphatic carbocycles. The summed E-state index contributed by atoms with van der Waals surface area (Å²) in [5.74, 6) is 1.49. The van der Waals surface area contributed by atoms with Gasteiger partial charge in [0.05, 0.1) is 7.11 Å². The van der Waals surface area contributed by atoms with E-state index in [-0.39, 0.29) is 0 Å². The van der Waals surface area contributed by atoms with Crippen LogP contribution in [0.1, 0.15) is 11.3 Å². The monoisotopic (exact) mass is 229 g/mol. The van der Waals surface area contributed by atoms with Gasteiger partial charge in [-0.2, -0.15) is 0 Å². The predicted octanol–water partition coefficient (Wildman–Crippen LogP) is 2.41. The van der Waals surface area contributed by atoms with Gasteiger partial charge in [0, 0.05) is 24.6 Å². The van der Waals surface area contributed by atoms with Crippen molar-refractivity contribution in [2.75, 3.05) is 12.4 Å². The van der Waals surface area contributed by atoms with Crippen molar-refractivity contribution in [3.8, 4) is 5.75 Å². The van der Waals surface area contributed by atoms with Crippen molar-refractivity contribution in [1.29, 1.82) is 0 Å². The molecule has 1 N–H and O–H groups in total. The number of hydrogen-bond donors (Lipinski definition) is 1. The largest absolute Gasteiger partial charge is 0.493 e. The van der Waals surface area contributed by atoms with Gasteiger partial charge in [0.25, 0.3) is 0 Å². The Hall–Kier alpha value is -2.10. The van der Waals surface area contributed by atoms with Gasteiger partial charge in [0.15, 0.2) is 11.6 Å². The number of nitrogens with zero attached hydrogens (tertiary/aromatic N) is 2. The Balaban J connectivity index is 2.04. The van der Waals surface area contributed by atoms with E-state index in [9.17, 15) is 0 Å². The first-order valence-electron chi connectivity index (χ1n) is 5.44. The van der Waals surface area contributed by atoms with Gasteiger partial charge in [-0.25, -0.2) is 4.98 Å². The molecule has 0 atom stereocenters. The Morgan fingerprint density at radius 3 is 2.82 bits per heavy atom. The first kappa shape index (κ1) is 11.4. The standard InChI is InChI=1S/C13H15N3O/c1-10-5-6-11(8-15-10)9-16-13-12(17-2)4-3-7-14-13/h3-8H,9H2,1-2H3,(H,14,16). The van der Waals surface area contributed by atoms with Gasteiger partial charge in [-0.1, -0.05) is 6.07 Å². The van der Waals surface area contributed by atoms with Gasteiger partial charge in [-0.3, -0.25) is 4.98 Å². The Kier molecular flexibility index (Phi) is 3.55. The Morgan fingerprint density at radius 2 is 2.12 bits per heavy atom. The smallest absolute Gasteiger partial charge is 0.168 e. The molecule has 2 aromatic rings. The lowest BCUT2D eigenvalue weighted by molar-refractivity contribution is 0.415. The normalized spacial score (nSPS) is 10.0. The lowest BCUT2D eigenvalue weighted by Crippen LogP contribution is -2.03. The number of hydrogen-bond acceptors (Lipinski definition) is 4. The van der Waals surface area contributed by atoms with E-state index in [0.717, 1.165) is 22.8 Å². The second-order valence-corrected chi connectivity index (χ2v) is 3.72. The number of aryl methyl sites for hydroxylation is 1. The van der Waals surface area contributed by atoms with Crippen LogP contribution in [0, 0.1) is 6.92 Å². The van der Waals surface area contributed by atoms with E-state index in [1.807, 2.05) is 37.4 Å². The topological polar surface area (TPSA) is 47.0 Å². The van der Waals surface area contributed by atoms with Gasteiger partial charge in [-0.15, -0.1) is 0 Å². The van der Waals surface area contributed by atoms with Crippen molar-refractivity contribution in [2.45, 2.75) is 13.5 Å². The third-order valence-corrected chi connectivity index (χ3v) is 2.42. The molecule has 2 aromatic heterocycles. The van der Waals surface area contributed by atoms with E-state index in [1.165, 1.54) is 0 Å². The summed E-state index contributed by atoms with van der Waals surface area (Å²) >= 11 is 0. The van der Waals surface area contributed by atoms with E-state index in [1.54, 1.807) is 13.3 Å². The molecule has 0 aliphatic heterocycles. The van der Waals surface area contributed by atoms with E-state index in [4.69, 9.17) is 4.74 Å². The first-order valence-corrected chi connectivity index (χ1v) is 5.44. The van der Waals surface area contributed by atoms with E-state index >= 15 is 0 Å². The molecule has 4 heteroatoms. The van der Waals surface area contributed by atoms with Crippen LogP contribution in [-0.4, -0.2) is 17.1 Å². The number of nitrogens with one attached hydrogen (secondary N) is 1. The Labute approximate surface area is 101 Å². The maximum Gasteiger partial charge on any atom is 0.168 e. The highest BCUT2D eigenvalue weighted by Gasteiger charge is 2.02. The SMILES string of the molecule is COc1cccnc1NCc1ccc(C)nc1. The van der Waals surface area contributed by atoms with E-state index < -0.39 is 0 Å². The highest BCUT2D eigenvalue weighted by molar-refractivity contribution is 5.49. The fourth-order valence-electron chi connectivity index (χ4n) is 1.48.